The van der Waals surface area contributed by atoms with Gasteiger partial charge in [0.05, 0.1) is 42.5 Å². The number of ether oxygens (including phenoxy) is 3. The minimum Gasteiger partial charge on any atom is -0.493 e. The van der Waals surface area contributed by atoms with E-state index >= 15 is 0 Å². The van der Waals surface area contributed by atoms with Crippen molar-refractivity contribution in [1.82, 2.24) is 4.98 Å². The molecule has 0 saturated carbocycles. The van der Waals surface area contributed by atoms with Crippen LogP contribution in [0.5, 0.6) is 23.0 Å². The van der Waals surface area contributed by atoms with Crippen LogP contribution < -0.4 is 19.1 Å². The van der Waals surface area contributed by atoms with Crippen LogP contribution in [-0.4, -0.2) is 19.2 Å². The average Bonchev–Trinajstić information content (AvgIpc) is 3.03. The Morgan fingerprint density at radius 2 is 1.27 bits per heavy atom. The van der Waals surface area contributed by atoms with Crippen molar-refractivity contribution in [3.05, 3.63) is 120 Å². The molecule has 0 unspecified atom stereocenters. The summed E-state index contributed by atoms with van der Waals surface area (Å²) in [7, 11) is 3.31. The predicted octanol–water partition coefficient (Wildman–Crippen LogP) is 9.92. The molecule has 0 fully saturated rings. The molecule has 0 saturated heterocycles. The van der Waals surface area contributed by atoms with E-state index in [0.717, 1.165) is 66.3 Å². The van der Waals surface area contributed by atoms with Crippen molar-refractivity contribution in [2.24, 2.45) is 0 Å². The predicted molar refractivity (Wildman–Crippen MR) is 168 cm³/mol. The molecule has 1 aliphatic heterocycles. The van der Waals surface area contributed by atoms with Gasteiger partial charge in [-0.1, -0.05) is 70.5 Å². The van der Waals surface area contributed by atoms with Crippen LogP contribution in [0.1, 0.15) is 0 Å². The van der Waals surface area contributed by atoms with Crippen molar-refractivity contribution in [2.45, 2.75) is 0 Å². The largest absolute Gasteiger partial charge is 0.493 e. The first-order chi connectivity index (χ1) is 20.1. The first-order valence-electron chi connectivity index (χ1n) is 13.2. The Balaban J connectivity index is 1.54. The maximum absolute atomic E-state index is 6.29. The lowest BCUT2D eigenvalue weighted by molar-refractivity contribution is 0.355. The van der Waals surface area contributed by atoms with Gasteiger partial charge in [-0.25, -0.2) is 4.98 Å². The summed E-state index contributed by atoms with van der Waals surface area (Å²) in [6, 6.07) is 39.0. The summed E-state index contributed by atoms with van der Waals surface area (Å²) in [5, 5.41) is 1.03. The quantitative estimate of drug-likeness (QED) is 0.197. The van der Waals surface area contributed by atoms with Gasteiger partial charge in [-0.15, -0.1) is 0 Å². The van der Waals surface area contributed by atoms with E-state index in [0.29, 0.717) is 11.5 Å². The highest BCUT2D eigenvalue weighted by molar-refractivity contribution is 9.10. The first kappa shape index (κ1) is 25.2. The van der Waals surface area contributed by atoms with Crippen LogP contribution in [0.25, 0.3) is 33.3 Å². The highest BCUT2D eigenvalue weighted by Gasteiger charge is 2.27. The molecule has 1 aromatic heterocycles. The van der Waals surface area contributed by atoms with Gasteiger partial charge in [0, 0.05) is 15.4 Å². The molecular formula is C35H25BrN2O3. The Morgan fingerprint density at radius 3 is 1.95 bits per heavy atom. The molecule has 1 aliphatic rings. The van der Waals surface area contributed by atoms with E-state index in [-0.39, 0.29) is 0 Å². The Kier molecular flexibility index (Phi) is 6.33. The molecule has 0 amide bonds. The van der Waals surface area contributed by atoms with Crippen LogP contribution in [0.3, 0.4) is 0 Å². The molecule has 6 heteroatoms. The maximum atomic E-state index is 6.29. The molecule has 5 aromatic carbocycles. The fraction of sp³-hybridized carbons (Fsp3) is 0.0571. The molecule has 0 spiro atoms. The van der Waals surface area contributed by atoms with Gasteiger partial charge in [0.25, 0.3) is 0 Å². The van der Waals surface area contributed by atoms with E-state index in [4.69, 9.17) is 19.2 Å². The van der Waals surface area contributed by atoms with Gasteiger partial charge < -0.3 is 19.1 Å². The molecule has 6 aromatic rings. The number of pyridine rings is 1. The van der Waals surface area contributed by atoms with E-state index in [1.165, 1.54) is 0 Å². The second-order valence-corrected chi connectivity index (χ2v) is 10.6. The van der Waals surface area contributed by atoms with Gasteiger partial charge in [0.2, 0.25) is 0 Å². The van der Waals surface area contributed by atoms with Gasteiger partial charge in [-0.2, -0.15) is 0 Å². The van der Waals surface area contributed by atoms with E-state index in [9.17, 15) is 0 Å². The summed E-state index contributed by atoms with van der Waals surface area (Å²) >= 11 is 3.57. The minimum absolute atomic E-state index is 0.673. The molecule has 0 atom stereocenters. The van der Waals surface area contributed by atoms with Gasteiger partial charge in [0.1, 0.15) is 0 Å². The zero-order valence-corrected chi connectivity index (χ0v) is 24.1. The monoisotopic (exact) mass is 600 g/mol. The number of para-hydroxylation sites is 5. The lowest BCUT2D eigenvalue weighted by Crippen LogP contribution is -2.16. The van der Waals surface area contributed by atoms with Gasteiger partial charge in [0.15, 0.2) is 23.0 Å². The van der Waals surface area contributed by atoms with Crippen molar-refractivity contribution in [3.63, 3.8) is 0 Å². The molecule has 0 radical (unpaired) electrons. The van der Waals surface area contributed by atoms with Gasteiger partial charge >= 0.3 is 0 Å². The molecule has 0 N–H and O–H groups in total. The molecule has 200 valence electrons. The molecule has 2 heterocycles. The number of anilines is 3. The number of halogens is 1. The van der Waals surface area contributed by atoms with Gasteiger partial charge in [-0.05, 0) is 71.8 Å². The van der Waals surface area contributed by atoms with E-state index in [2.05, 4.69) is 75.4 Å². The number of benzene rings is 5. The summed E-state index contributed by atoms with van der Waals surface area (Å²) in [4.78, 5) is 7.55. The van der Waals surface area contributed by atoms with Crippen LogP contribution in [0.15, 0.2) is 120 Å². The van der Waals surface area contributed by atoms with Crippen LogP contribution in [-0.2, 0) is 0 Å². The number of rotatable bonds is 5. The van der Waals surface area contributed by atoms with E-state index in [1.807, 2.05) is 60.7 Å². The molecular weight excluding hydrogens is 576 g/mol. The van der Waals surface area contributed by atoms with E-state index < -0.39 is 0 Å². The lowest BCUT2D eigenvalue weighted by atomic mass is 9.96. The fourth-order valence-electron chi connectivity index (χ4n) is 5.39. The van der Waals surface area contributed by atoms with Crippen molar-refractivity contribution in [2.75, 3.05) is 19.1 Å². The Hall–Kier alpha value is -4.81. The number of aromatic nitrogens is 1. The third-order valence-electron chi connectivity index (χ3n) is 7.33. The second-order valence-electron chi connectivity index (χ2n) is 9.68. The fourth-order valence-corrected chi connectivity index (χ4v) is 5.65. The number of hydrogen-bond donors (Lipinski definition) is 0. The highest BCUT2D eigenvalue weighted by atomic mass is 79.9. The van der Waals surface area contributed by atoms with Crippen molar-refractivity contribution < 1.29 is 14.2 Å². The summed E-state index contributed by atoms with van der Waals surface area (Å²) in [5.74, 6) is 2.96. The number of nitrogens with zero attached hydrogens (tertiary/aromatic N) is 2. The van der Waals surface area contributed by atoms with Crippen LogP contribution >= 0.6 is 15.9 Å². The number of fused-ring (bicyclic) bond motifs is 3. The maximum Gasteiger partial charge on any atom is 0.161 e. The molecule has 0 aliphatic carbocycles. The topological polar surface area (TPSA) is 43.8 Å². The van der Waals surface area contributed by atoms with Gasteiger partial charge in [-0.3, -0.25) is 0 Å². The summed E-state index contributed by atoms with van der Waals surface area (Å²) in [5.41, 5.74) is 7.71. The third-order valence-corrected chi connectivity index (χ3v) is 7.85. The van der Waals surface area contributed by atoms with Crippen molar-refractivity contribution >= 4 is 43.9 Å². The van der Waals surface area contributed by atoms with Crippen LogP contribution in [0, 0.1) is 0 Å². The zero-order chi connectivity index (χ0) is 27.9. The average molecular weight is 602 g/mol. The SMILES string of the molecule is COc1ccc(-c2cc(-c3ccc(Br)cc3)nc3c(N4c5ccccc5Oc5ccccc54)cccc23)cc1OC. The number of hydrogen-bond acceptors (Lipinski definition) is 5. The molecule has 41 heavy (non-hydrogen) atoms. The summed E-state index contributed by atoms with van der Waals surface area (Å²) in [6.07, 6.45) is 0. The summed E-state index contributed by atoms with van der Waals surface area (Å²) in [6.45, 7) is 0. The highest BCUT2D eigenvalue weighted by Crippen LogP contribution is 2.52. The first-order valence-corrected chi connectivity index (χ1v) is 14.0. The van der Waals surface area contributed by atoms with Crippen LogP contribution in [0.4, 0.5) is 17.1 Å². The van der Waals surface area contributed by atoms with E-state index in [1.54, 1.807) is 14.2 Å². The number of methoxy groups -OCH3 is 2. The normalized spacial score (nSPS) is 11.9. The summed E-state index contributed by atoms with van der Waals surface area (Å²) < 4.78 is 18.5. The van der Waals surface area contributed by atoms with Crippen molar-refractivity contribution in [3.8, 4) is 45.4 Å². The second kappa shape index (κ2) is 10.3. The Labute approximate surface area is 246 Å². The lowest BCUT2D eigenvalue weighted by Gasteiger charge is -2.33. The molecule has 7 rings (SSSR count). The van der Waals surface area contributed by atoms with Crippen LogP contribution in [0.2, 0.25) is 0 Å². The minimum atomic E-state index is 0.673. The Morgan fingerprint density at radius 1 is 0.634 bits per heavy atom. The smallest absolute Gasteiger partial charge is 0.161 e. The zero-order valence-electron chi connectivity index (χ0n) is 22.5. The molecule has 0 bridgehead atoms. The standard InChI is InChI=1S/C35H25BrN2O3/c1-39-33-19-16-23(20-34(33)40-2)26-21-27(22-14-17-24(36)18-15-22)37-35-25(26)8-7-11-30(35)38-28-9-3-5-12-31(28)41-32-13-6-4-10-29(32)38/h3-21H,1-2H3. The molecule has 5 nitrogen and oxygen atoms in total. The van der Waals surface area contributed by atoms with Crippen molar-refractivity contribution in [1.29, 1.82) is 0 Å². The Bertz CT molecular complexity index is 1880. The third kappa shape index (κ3) is 4.37.